The summed E-state index contributed by atoms with van der Waals surface area (Å²) in [6, 6.07) is 28.5. The van der Waals surface area contributed by atoms with Crippen molar-refractivity contribution in [3.05, 3.63) is 107 Å². The van der Waals surface area contributed by atoms with E-state index in [1.165, 1.54) is 5.56 Å². The van der Waals surface area contributed by atoms with Crippen molar-refractivity contribution in [2.75, 3.05) is 0 Å². The summed E-state index contributed by atoms with van der Waals surface area (Å²) in [5.41, 5.74) is 4.37. The second-order valence-electron chi connectivity index (χ2n) is 6.01. The first kappa shape index (κ1) is 15.8. The Labute approximate surface area is 152 Å². The van der Waals surface area contributed by atoms with Crippen LogP contribution in [0.15, 0.2) is 94.9 Å². The predicted octanol–water partition coefficient (Wildman–Crippen LogP) is 5.72. The fraction of sp³-hybridized carbons (Fsp3) is 0.0909. The van der Waals surface area contributed by atoms with Gasteiger partial charge in [0.25, 0.3) is 0 Å². The Bertz CT molecular complexity index is 913. The standard InChI is InChI=1S/C22H17ClN2/c23-19-13-11-17(12-14-19)21-15-20(16-7-3-1-4-8-16)24-22(25-21)18-9-5-2-6-10-18/h1-14,20H,15H2. The molecule has 122 valence electrons. The van der Waals surface area contributed by atoms with Gasteiger partial charge in [0.1, 0.15) is 0 Å². The highest BCUT2D eigenvalue weighted by atomic mass is 35.5. The van der Waals surface area contributed by atoms with Crippen molar-refractivity contribution in [2.45, 2.75) is 12.5 Å². The minimum atomic E-state index is 0.0691. The first-order valence-electron chi connectivity index (χ1n) is 8.31. The van der Waals surface area contributed by atoms with Crippen LogP contribution in [0.2, 0.25) is 5.02 Å². The van der Waals surface area contributed by atoms with Gasteiger partial charge in [-0.1, -0.05) is 84.4 Å². The first-order chi connectivity index (χ1) is 12.3. The van der Waals surface area contributed by atoms with E-state index in [2.05, 4.69) is 36.4 Å². The summed E-state index contributed by atoms with van der Waals surface area (Å²) in [6.45, 7) is 0. The predicted molar refractivity (Wildman–Crippen MR) is 105 cm³/mol. The van der Waals surface area contributed by atoms with Crippen LogP contribution in [0.25, 0.3) is 0 Å². The third-order valence-corrected chi connectivity index (χ3v) is 4.55. The molecule has 1 atom stereocenters. The van der Waals surface area contributed by atoms with Crippen molar-refractivity contribution in [1.82, 2.24) is 0 Å². The lowest BCUT2D eigenvalue weighted by Gasteiger charge is -2.21. The molecule has 0 spiro atoms. The van der Waals surface area contributed by atoms with Crippen molar-refractivity contribution in [3.8, 4) is 0 Å². The number of rotatable bonds is 3. The van der Waals surface area contributed by atoms with Crippen LogP contribution in [0.4, 0.5) is 0 Å². The second kappa shape index (κ2) is 7.04. The lowest BCUT2D eigenvalue weighted by molar-refractivity contribution is 0.753. The summed E-state index contributed by atoms with van der Waals surface area (Å²) in [5.74, 6) is 0.783. The van der Waals surface area contributed by atoms with Gasteiger partial charge in [0, 0.05) is 17.0 Å². The topological polar surface area (TPSA) is 24.7 Å². The second-order valence-corrected chi connectivity index (χ2v) is 6.45. The van der Waals surface area contributed by atoms with Crippen molar-refractivity contribution >= 4 is 23.1 Å². The molecule has 3 aromatic carbocycles. The van der Waals surface area contributed by atoms with E-state index >= 15 is 0 Å². The van der Waals surface area contributed by atoms with Gasteiger partial charge >= 0.3 is 0 Å². The molecule has 1 aliphatic rings. The van der Waals surface area contributed by atoms with E-state index in [0.717, 1.165) is 34.1 Å². The highest BCUT2D eigenvalue weighted by Gasteiger charge is 2.21. The molecule has 2 nitrogen and oxygen atoms in total. The Morgan fingerprint density at radius 2 is 1.36 bits per heavy atom. The molecule has 3 heteroatoms. The quantitative estimate of drug-likeness (QED) is 0.580. The van der Waals surface area contributed by atoms with Gasteiger partial charge in [0.2, 0.25) is 0 Å². The van der Waals surface area contributed by atoms with Crippen LogP contribution >= 0.6 is 11.6 Å². The Morgan fingerprint density at radius 3 is 2.04 bits per heavy atom. The average molecular weight is 345 g/mol. The molecule has 1 heterocycles. The van der Waals surface area contributed by atoms with Gasteiger partial charge in [-0.15, -0.1) is 0 Å². The van der Waals surface area contributed by atoms with Crippen LogP contribution < -0.4 is 0 Å². The van der Waals surface area contributed by atoms with Crippen LogP contribution in [-0.4, -0.2) is 11.5 Å². The number of benzene rings is 3. The molecule has 25 heavy (non-hydrogen) atoms. The Hall–Kier alpha value is -2.71. The van der Waals surface area contributed by atoms with Crippen molar-refractivity contribution < 1.29 is 0 Å². The summed E-state index contributed by atoms with van der Waals surface area (Å²) < 4.78 is 0. The maximum atomic E-state index is 6.04. The van der Waals surface area contributed by atoms with Crippen LogP contribution in [-0.2, 0) is 0 Å². The van der Waals surface area contributed by atoms with E-state index in [0.29, 0.717) is 0 Å². The third kappa shape index (κ3) is 3.54. The van der Waals surface area contributed by atoms with E-state index in [-0.39, 0.29) is 6.04 Å². The van der Waals surface area contributed by atoms with Crippen molar-refractivity contribution in [2.24, 2.45) is 9.98 Å². The number of hydrogen-bond acceptors (Lipinski definition) is 2. The molecule has 0 saturated heterocycles. The van der Waals surface area contributed by atoms with Gasteiger partial charge in [0.15, 0.2) is 5.84 Å². The van der Waals surface area contributed by atoms with Gasteiger partial charge in [-0.3, -0.25) is 4.99 Å². The SMILES string of the molecule is Clc1ccc(C2=NC(c3ccccc3)=NC(c3ccccc3)C2)cc1. The minimum absolute atomic E-state index is 0.0691. The average Bonchev–Trinajstić information content (AvgIpc) is 2.69. The molecular formula is C22H17ClN2. The molecule has 1 aliphatic heterocycles. The molecule has 1 unspecified atom stereocenters. The highest BCUT2D eigenvalue weighted by Crippen LogP contribution is 2.29. The monoisotopic (exact) mass is 344 g/mol. The lowest BCUT2D eigenvalue weighted by atomic mass is 9.96. The molecule has 0 N–H and O–H groups in total. The molecule has 0 aliphatic carbocycles. The summed E-state index contributed by atoms with van der Waals surface area (Å²) in [6.07, 6.45) is 0.780. The largest absolute Gasteiger partial charge is 0.258 e. The number of hydrogen-bond donors (Lipinski definition) is 0. The van der Waals surface area contributed by atoms with Crippen LogP contribution in [0.3, 0.4) is 0 Å². The number of aliphatic imine (C=N–C) groups is 2. The smallest absolute Gasteiger partial charge is 0.155 e. The van der Waals surface area contributed by atoms with Gasteiger partial charge in [-0.25, -0.2) is 4.99 Å². The third-order valence-electron chi connectivity index (χ3n) is 4.30. The summed E-state index contributed by atoms with van der Waals surface area (Å²) in [4.78, 5) is 9.77. The molecule has 0 bridgehead atoms. The summed E-state index contributed by atoms with van der Waals surface area (Å²) in [7, 11) is 0. The van der Waals surface area contributed by atoms with E-state index in [1.807, 2.05) is 48.5 Å². The fourth-order valence-corrected chi connectivity index (χ4v) is 3.12. The maximum absolute atomic E-state index is 6.04. The van der Waals surface area contributed by atoms with Gasteiger partial charge in [0.05, 0.1) is 11.8 Å². The highest BCUT2D eigenvalue weighted by molar-refractivity contribution is 6.30. The van der Waals surface area contributed by atoms with Crippen molar-refractivity contribution in [1.29, 1.82) is 0 Å². The molecule has 0 aromatic heterocycles. The van der Waals surface area contributed by atoms with Crippen LogP contribution in [0.1, 0.15) is 29.2 Å². The zero-order valence-electron chi connectivity index (χ0n) is 13.6. The molecule has 0 amide bonds. The molecule has 0 saturated carbocycles. The molecule has 4 rings (SSSR count). The minimum Gasteiger partial charge on any atom is -0.258 e. The number of nitrogens with zero attached hydrogens (tertiary/aromatic N) is 2. The molecule has 3 aromatic rings. The first-order valence-corrected chi connectivity index (χ1v) is 8.69. The number of amidine groups is 1. The Balaban J connectivity index is 1.78. The van der Waals surface area contributed by atoms with Crippen LogP contribution in [0.5, 0.6) is 0 Å². The van der Waals surface area contributed by atoms with E-state index in [9.17, 15) is 0 Å². The number of halogens is 1. The fourth-order valence-electron chi connectivity index (χ4n) is 3.00. The molecular weight excluding hydrogens is 328 g/mol. The summed E-state index contributed by atoms with van der Waals surface area (Å²) in [5, 5.41) is 0.733. The van der Waals surface area contributed by atoms with Crippen LogP contribution in [0, 0.1) is 0 Å². The zero-order valence-corrected chi connectivity index (χ0v) is 14.4. The van der Waals surface area contributed by atoms with E-state index < -0.39 is 0 Å². The van der Waals surface area contributed by atoms with Gasteiger partial charge in [-0.2, -0.15) is 0 Å². The maximum Gasteiger partial charge on any atom is 0.155 e. The normalized spacial score (nSPS) is 16.9. The van der Waals surface area contributed by atoms with E-state index in [4.69, 9.17) is 21.6 Å². The van der Waals surface area contributed by atoms with Gasteiger partial charge < -0.3 is 0 Å². The summed E-state index contributed by atoms with van der Waals surface area (Å²) >= 11 is 6.04. The Morgan fingerprint density at radius 1 is 0.720 bits per heavy atom. The lowest BCUT2D eigenvalue weighted by Crippen LogP contribution is -2.17. The van der Waals surface area contributed by atoms with E-state index in [1.54, 1.807) is 0 Å². The Kier molecular flexibility index (Phi) is 4.45. The zero-order chi connectivity index (χ0) is 17.1. The van der Waals surface area contributed by atoms with Gasteiger partial charge in [-0.05, 0) is 23.3 Å². The molecule has 0 fully saturated rings. The molecule has 0 radical (unpaired) electrons. The van der Waals surface area contributed by atoms with Crippen molar-refractivity contribution in [3.63, 3.8) is 0 Å².